The van der Waals surface area contributed by atoms with Gasteiger partial charge in [-0.25, -0.2) is 14.4 Å². The van der Waals surface area contributed by atoms with Crippen LogP contribution in [0.15, 0.2) is 72.6 Å². The number of ketones is 1. The van der Waals surface area contributed by atoms with Gasteiger partial charge in [0.2, 0.25) is 5.95 Å². The van der Waals surface area contributed by atoms with Gasteiger partial charge >= 0.3 is 5.91 Å². The Bertz CT molecular complexity index is 1130. The molecule has 1 fully saturated rings. The number of rotatable bonds is 3. The summed E-state index contributed by atoms with van der Waals surface area (Å²) in [4.78, 5) is 35.0. The van der Waals surface area contributed by atoms with Crippen LogP contribution in [0.2, 0.25) is 5.02 Å². The number of amides is 1. The lowest BCUT2D eigenvalue weighted by atomic mass is 9.95. The summed E-state index contributed by atoms with van der Waals surface area (Å²) in [5.41, 5.74) is 0.537. The van der Waals surface area contributed by atoms with Gasteiger partial charge in [0.05, 0.1) is 11.6 Å². The number of benzene rings is 2. The van der Waals surface area contributed by atoms with Gasteiger partial charge in [0.15, 0.2) is 0 Å². The normalized spacial score (nSPS) is 18.3. The molecule has 1 N–H and O–H groups in total. The third-order valence-electron chi connectivity index (χ3n) is 4.49. The number of halogens is 2. The lowest BCUT2D eigenvalue weighted by Gasteiger charge is -2.23. The summed E-state index contributed by atoms with van der Waals surface area (Å²) in [6.07, 6.45) is 2.88. The lowest BCUT2D eigenvalue weighted by Crippen LogP contribution is -2.31. The van der Waals surface area contributed by atoms with Gasteiger partial charge < -0.3 is 5.11 Å². The second-order valence-corrected chi connectivity index (χ2v) is 6.72. The molecule has 2 aromatic carbocycles. The van der Waals surface area contributed by atoms with Gasteiger partial charge in [-0.15, -0.1) is 0 Å². The highest BCUT2D eigenvalue weighted by Gasteiger charge is 2.48. The number of aliphatic hydroxyl groups is 1. The van der Waals surface area contributed by atoms with E-state index in [2.05, 4.69) is 9.97 Å². The maximum absolute atomic E-state index is 13.3. The molecule has 0 saturated carbocycles. The van der Waals surface area contributed by atoms with E-state index in [1.165, 1.54) is 24.5 Å². The first-order chi connectivity index (χ1) is 14.0. The summed E-state index contributed by atoms with van der Waals surface area (Å²) in [6, 6.07) is 12.1. The van der Waals surface area contributed by atoms with Crippen molar-refractivity contribution in [3.8, 4) is 0 Å². The number of hydrogen-bond acceptors (Lipinski definition) is 5. The molecule has 6 nitrogen and oxygen atoms in total. The Morgan fingerprint density at radius 2 is 1.72 bits per heavy atom. The average molecular weight is 410 g/mol. The Kier molecular flexibility index (Phi) is 4.82. The smallest absolute Gasteiger partial charge is 0.302 e. The van der Waals surface area contributed by atoms with E-state index in [4.69, 9.17) is 11.6 Å². The van der Waals surface area contributed by atoms with Crippen LogP contribution in [0.25, 0.3) is 5.76 Å². The number of carbonyl (C=O) groups excluding carboxylic acids is 2. The van der Waals surface area contributed by atoms with Crippen LogP contribution in [0.4, 0.5) is 10.3 Å². The molecule has 1 aliphatic heterocycles. The van der Waals surface area contributed by atoms with Crippen LogP contribution in [-0.4, -0.2) is 26.8 Å². The lowest BCUT2D eigenvalue weighted by molar-refractivity contribution is -0.132. The minimum Gasteiger partial charge on any atom is -0.507 e. The molecule has 3 aromatic rings. The van der Waals surface area contributed by atoms with Crippen molar-refractivity contribution in [2.75, 3.05) is 4.90 Å². The number of carbonyl (C=O) groups is 2. The average Bonchev–Trinajstić information content (AvgIpc) is 2.99. The van der Waals surface area contributed by atoms with E-state index < -0.39 is 29.3 Å². The van der Waals surface area contributed by atoms with Gasteiger partial charge in [-0.05, 0) is 48.0 Å². The number of nitrogens with zero attached hydrogens (tertiary/aromatic N) is 3. The fourth-order valence-corrected chi connectivity index (χ4v) is 3.41. The van der Waals surface area contributed by atoms with Crippen molar-refractivity contribution >= 4 is 35.0 Å². The Balaban J connectivity index is 1.95. The van der Waals surface area contributed by atoms with E-state index in [0.29, 0.717) is 10.6 Å². The number of Topliss-reactive ketones (excluding diaryl/α,β-unsaturated/α-hetero) is 1. The topological polar surface area (TPSA) is 83.4 Å². The van der Waals surface area contributed by atoms with Crippen molar-refractivity contribution in [1.29, 1.82) is 0 Å². The Morgan fingerprint density at radius 1 is 1.03 bits per heavy atom. The molecule has 0 radical (unpaired) electrons. The molecule has 0 bridgehead atoms. The van der Waals surface area contributed by atoms with Crippen molar-refractivity contribution in [2.45, 2.75) is 6.04 Å². The van der Waals surface area contributed by atoms with Crippen molar-refractivity contribution in [3.63, 3.8) is 0 Å². The molecule has 1 aliphatic rings. The van der Waals surface area contributed by atoms with Gasteiger partial charge in [0, 0.05) is 23.0 Å². The van der Waals surface area contributed by atoms with Crippen LogP contribution in [-0.2, 0) is 9.59 Å². The molecule has 29 heavy (non-hydrogen) atoms. The van der Waals surface area contributed by atoms with Crippen LogP contribution < -0.4 is 4.90 Å². The van der Waals surface area contributed by atoms with Crippen LogP contribution in [0, 0.1) is 5.82 Å². The highest BCUT2D eigenvalue weighted by molar-refractivity contribution is 6.51. The van der Waals surface area contributed by atoms with Gasteiger partial charge in [-0.1, -0.05) is 23.7 Å². The third-order valence-corrected chi connectivity index (χ3v) is 4.73. The van der Waals surface area contributed by atoms with Crippen LogP contribution in [0.5, 0.6) is 0 Å². The second-order valence-electron chi connectivity index (χ2n) is 6.28. The fourth-order valence-electron chi connectivity index (χ4n) is 3.21. The SMILES string of the molecule is O=C1C(=O)N(c2ncccn2)[C@H](c2cccc(Cl)c2)C1=C(O)c1ccc(F)cc1. The summed E-state index contributed by atoms with van der Waals surface area (Å²) in [5, 5.41) is 11.2. The maximum Gasteiger partial charge on any atom is 0.302 e. The zero-order chi connectivity index (χ0) is 20.5. The molecule has 0 unspecified atom stereocenters. The zero-order valence-electron chi connectivity index (χ0n) is 14.8. The Labute approximate surface area is 169 Å². The van der Waals surface area contributed by atoms with E-state index >= 15 is 0 Å². The van der Waals surface area contributed by atoms with E-state index in [0.717, 1.165) is 17.0 Å². The van der Waals surface area contributed by atoms with E-state index in [1.807, 2.05) is 0 Å². The number of aromatic nitrogens is 2. The van der Waals surface area contributed by atoms with E-state index in [9.17, 15) is 19.1 Å². The van der Waals surface area contributed by atoms with Crippen LogP contribution in [0.1, 0.15) is 17.2 Å². The van der Waals surface area contributed by atoms with E-state index in [-0.39, 0.29) is 17.1 Å². The molecular weight excluding hydrogens is 397 g/mol. The monoisotopic (exact) mass is 409 g/mol. The molecule has 1 saturated heterocycles. The summed E-state index contributed by atoms with van der Waals surface area (Å²) in [6.45, 7) is 0. The molecule has 0 spiro atoms. The number of aliphatic hydroxyl groups excluding tert-OH is 1. The minimum absolute atomic E-state index is 0.0118. The van der Waals surface area contributed by atoms with Gasteiger partial charge in [-0.2, -0.15) is 0 Å². The van der Waals surface area contributed by atoms with Crippen LogP contribution >= 0.6 is 11.6 Å². The standard InChI is InChI=1S/C21H13ClFN3O3/c22-14-4-1-3-13(11-14)17-16(18(27)12-5-7-15(23)8-6-12)19(28)20(29)26(17)21-24-9-2-10-25-21/h1-11,17,27H/t17-/m1/s1. The van der Waals surface area contributed by atoms with Crippen molar-refractivity contribution in [1.82, 2.24) is 9.97 Å². The number of hydrogen-bond donors (Lipinski definition) is 1. The quantitative estimate of drug-likeness (QED) is 0.403. The Hall–Kier alpha value is -3.58. The third kappa shape index (κ3) is 3.36. The number of anilines is 1. The van der Waals surface area contributed by atoms with Gasteiger partial charge in [-0.3, -0.25) is 14.5 Å². The molecule has 0 aliphatic carbocycles. The second kappa shape index (κ2) is 7.44. The van der Waals surface area contributed by atoms with Gasteiger partial charge in [0.1, 0.15) is 11.6 Å². The predicted octanol–water partition coefficient (Wildman–Crippen LogP) is 3.90. The predicted molar refractivity (Wildman–Crippen MR) is 105 cm³/mol. The summed E-state index contributed by atoms with van der Waals surface area (Å²) in [5.74, 6) is -2.69. The van der Waals surface area contributed by atoms with Gasteiger partial charge in [0.25, 0.3) is 5.78 Å². The minimum atomic E-state index is -0.999. The van der Waals surface area contributed by atoms with Crippen molar-refractivity contribution < 1.29 is 19.1 Å². The molecule has 1 aromatic heterocycles. The van der Waals surface area contributed by atoms with Crippen LogP contribution in [0.3, 0.4) is 0 Å². The first-order valence-corrected chi connectivity index (χ1v) is 8.94. The highest BCUT2D eigenvalue weighted by Crippen LogP contribution is 2.41. The molecule has 1 amide bonds. The van der Waals surface area contributed by atoms with Crippen molar-refractivity contribution in [3.05, 3.63) is 94.5 Å². The summed E-state index contributed by atoms with van der Waals surface area (Å²) < 4.78 is 13.3. The largest absolute Gasteiger partial charge is 0.507 e. The molecule has 1 atom stereocenters. The zero-order valence-corrected chi connectivity index (χ0v) is 15.5. The molecule has 2 heterocycles. The molecule has 8 heteroatoms. The molecule has 144 valence electrons. The Morgan fingerprint density at radius 3 is 2.38 bits per heavy atom. The maximum atomic E-state index is 13.3. The fraction of sp³-hybridized carbons (Fsp3) is 0.0476. The molecular formula is C21H13ClFN3O3. The molecule has 4 rings (SSSR count). The highest BCUT2D eigenvalue weighted by atomic mass is 35.5. The summed E-state index contributed by atoms with van der Waals surface area (Å²) in [7, 11) is 0. The first kappa shape index (κ1) is 18.8. The van der Waals surface area contributed by atoms with E-state index in [1.54, 1.807) is 30.3 Å². The first-order valence-electron chi connectivity index (χ1n) is 8.57. The summed E-state index contributed by atoms with van der Waals surface area (Å²) >= 11 is 6.11. The van der Waals surface area contributed by atoms with Crippen molar-refractivity contribution in [2.24, 2.45) is 0 Å².